The summed E-state index contributed by atoms with van der Waals surface area (Å²) < 4.78 is 5.11. The third-order valence-electron chi connectivity index (χ3n) is 2.20. The van der Waals surface area contributed by atoms with E-state index >= 15 is 0 Å². The summed E-state index contributed by atoms with van der Waals surface area (Å²) in [6, 6.07) is 7.60. The zero-order valence-electron chi connectivity index (χ0n) is 7.90. The molecule has 1 heterocycles. The second kappa shape index (κ2) is 3.64. The van der Waals surface area contributed by atoms with Crippen molar-refractivity contribution in [2.24, 2.45) is 0 Å². The van der Waals surface area contributed by atoms with E-state index in [-0.39, 0.29) is 6.61 Å². The summed E-state index contributed by atoms with van der Waals surface area (Å²) in [5.74, 6) is 0.813. The van der Waals surface area contributed by atoms with Crippen molar-refractivity contribution in [1.29, 1.82) is 0 Å². The largest absolute Gasteiger partial charge is 0.497 e. The molecule has 1 aromatic carbocycles. The molecule has 72 valence electrons. The summed E-state index contributed by atoms with van der Waals surface area (Å²) in [6.45, 7) is -0.0380. The van der Waals surface area contributed by atoms with Crippen LogP contribution in [0.2, 0.25) is 0 Å². The van der Waals surface area contributed by atoms with Gasteiger partial charge in [-0.1, -0.05) is 0 Å². The van der Waals surface area contributed by atoms with E-state index in [9.17, 15) is 0 Å². The van der Waals surface area contributed by atoms with Gasteiger partial charge in [-0.2, -0.15) is 0 Å². The second-order valence-electron chi connectivity index (χ2n) is 3.00. The van der Waals surface area contributed by atoms with Crippen LogP contribution in [0, 0.1) is 0 Å². The van der Waals surface area contributed by atoms with Crippen molar-refractivity contribution in [3.8, 4) is 5.75 Å². The molecule has 3 heteroatoms. The van der Waals surface area contributed by atoms with Crippen molar-refractivity contribution in [2.75, 3.05) is 7.11 Å². The number of methoxy groups -OCH3 is 1. The quantitative estimate of drug-likeness (QED) is 0.782. The van der Waals surface area contributed by atoms with Crippen LogP contribution in [0.25, 0.3) is 10.8 Å². The molecule has 0 radical (unpaired) electrons. The van der Waals surface area contributed by atoms with Crippen molar-refractivity contribution < 1.29 is 9.84 Å². The van der Waals surface area contributed by atoms with Crippen LogP contribution in [0.1, 0.15) is 5.69 Å². The van der Waals surface area contributed by atoms with E-state index in [1.54, 1.807) is 13.3 Å². The molecule has 1 N–H and O–H groups in total. The maximum Gasteiger partial charge on any atom is 0.119 e. The monoisotopic (exact) mass is 189 g/mol. The molecule has 3 nitrogen and oxygen atoms in total. The highest BCUT2D eigenvalue weighted by Crippen LogP contribution is 2.22. The highest BCUT2D eigenvalue weighted by Gasteiger charge is 2.01. The smallest absolute Gasteiger partial charge is 0.119 e. The van der Waals surface area contributed by atoms with Gasteiger partial charge in [0.15, 0.2) is 0 Å². The molecule has 0 spiro atoms. The first kappa shape index (κ1) is 8.97. The Labute approximate surface area is 82.0 Å². The first-order valence-electron chi connectivity index (χ1n) is 4.37. The zero-order valence-corrected chi connectivity index (χ0v) is 7.90. The topological polar surface area (TPSA) is 42.4 Å². The van der Waals surface area contributed by atoms with Crippen LogP contribution < -0.4 is 4.74 Å². The Kier molecular flexibility index (Phi) is 2.33. The average Bonchev–Trinajstić information content (AvgIpc) is 2.27. The van der Waals surface area contributed by atoms with Crippen LogP contribution >= 0.6 is 0 Å². The van der Waals surface area contributed by atoms with Crippen molar-refractivity contribution >= 4 is 10.8 Å². The Hall–Kier alpha value is -1.61. The van der Waals surface area contributed by atoms with Crippen LogP contribution in [0.15, 0.2) is 30.5 Å². The number of aliphatic hydroxyl groups excluding tert-OH is 1. The van der Waals surface area contributed by atoms with Crippen LogP contribution in [-0.2, 0) is 6.61 Å². The molecular weight excluding hydrogens is 178 g/mol. The lowest BCUT2D eigenvalue weighted by atomic mass is 10.1. The van der Waals surface area contributed by atoms with Gasteiger partial charge in [-0.05, 0) is 29.7 Å². The van der Waals surface area contributed by atoms with E-state index < -0.39 is 0 Å². The summed E-state index contributed by atoms with van der Waals surface area (Å²) in [4.78, 5) is 4.09. The predicted molar refractivity (Wildman–Crippen MR) is 54.2 cm³/mol. The Morgan fingerprint density at radius 3 is 2.93 bits per heavy atom. The molecular formula is C11H11NO2. The Bertz CT molecular complexity index is 454. The molecule has 14 heavy (non-hydrogen) atoms. The molecule has 0 atom stereocenters. The number of benzene rings is 1. The first-order chi connectivity index (χ1) is 6.85. The molecule has 0 saturated carbocycles. The number of aromatic nitrogens is 1. The van der Waals surface area contributed by atoms with Crippen LogP contribution in [0.3, 0.4) is 0 Å². The van der Waals surface area contributed by atoms with Crippen molar-refractivity contribution in [1.82, 2.24) is 4.98 Å². The number of rotatable bonds is 2. The fourth-order valence-electron chi connectivity index (χ4n) is 1.47. The highest BCUT2D eigenvalue weighted by molar-refractivity contribution is 5.85. The molecule has 0 saturated heterocycles. The molecule has 1 aromatic heterocycles. The molecule has 2 aromatic rings. The minimum atomic E-state index is -0.0380. The predicted octanol–water partition coefficient (Wildman–Crippen LogP) is 1.74. The third kappa shape index (κ3) is 1.42. The fraction of sp³-hybridized carbons (Fsp3) is 0.182. The van der Waals surface area contributed by atoms with E-state index in [1.165, 1.54) is 0 Å². The molecule has 0 unspecified atom stereocenters. The Morgan fingerprint density at radius 2 is 2.21 bits per heavy atom. The number of aliphatic hydroxyl groups is 1. The van der Waals surface area contributed by atoms with Gasteiger partial charge >= 0.3 is 0 Å². The van der Waals surface area contributed by atoms with Gasteiger partial charge in [-0.25, -0.2) is 0 Å². The van der Waals surface area contributed by atoms with Crippen molar-refractivity contribution in [2.45, 2.75) is 6.61 Å². The third-order valence-corrected chi connectivity index (χ3v) is 2.20. The molecule has 0 aliphatic heterocycles. The summed E-state index contributed by atoms with van der Waals surface area (Å²) in [5.41, 5.74) is 0.699. The van der Waals surface area contributed by atoms with E-state index in [4.69, 9.17) is 9.84 Å². The van der Waals surface area contributed by atoms with E-state index in [0.29, 0.717) is 5.69 Å². The lowest BCUT2D eigenvalue weighted by Gasteiger charge is -2.04. The minimum Gasteiger partial charge on any atom is -0.497 e. The van der Waals surface area contributed by atoms with Gasteiger partial charge in [0.1, 0.15) is 5.75 Å². The maximum absolute atomic E-state index is 9.07. The summed E-state index contributed by atoms with van der Waals surface area (Å²) in [7, 11) is 1.63. The van der Waals surface area contributed by atoms with E-state index in [2.05, 4.69) is 4.98 Å². The van der Waals surface area contributed by atoms with Gasteiger partial charge in [0.25, 0.3) is 0 Å². The van der Waals surface area contributed by atoms with Crippen molar-refractivity contribution in [3.63, 3.8) is 0 Å². The number of fused-ring (bicyclic) bond motifs is 1. The number of ether oxygens (including phenoxy) is 1. The number of hydrogen-bond donors (Lipinski definition) is 1. The molecule has 0 amide bonds. The van der Waals surface area contributed by atoms with Gasteiger partial charge < -0.3 is 9.84 Å². The van der Waals surface area contributed by atoms with Gasteiger partial charge in [-0.3, -0.25) is 4.98 Å². The van der Waals surface area contributed by atoms with Crippen LogP contribution in [0.4, 0.5) is 0 Å². The van der Waals surface area contributed by atoms with Gasteiger partial charge in [0.05, 0.1) is 19.4 Å². The number of hydrogen-bond acceptors (Lipinski definition) is 3. The Morgan fingerprint density at radius 1 is 1.36 bits per heavy atom. The minimum absolute atomic E-state index is 0.0380. The first-order valence-corrected chi connectivity index (χ1v) is 4.37. The highest BCUT2D eigenvalue weighted by atomic mass is 16.5. The molecule has 2 rings (SSSR count). The normalized spacial score (nSPS) is 10.4. The summed E-state index contributed by atoms with van der Waals surface area (Å²) in [6.07, 6.45) is 1.69. The number of nitrogens with zero attached hydrogens (tertiary/aromatic N) is 1. The second-order valence-corrected chi connectivity index (χ2v) is 3.00. The zero-order chi connectivity index (χ0) is 9.97. The van der Waals surface area contributed by atoms with Gasteiger partial charge in [-0.15, -0.1) is 0 Å². The SMILES string of the molecule is COc1ccc2c(CO)nccc2c1. The molecule has 0 aliphatic carbocycles. The molecule has 0 fully saturated rings. The lowest BCUT2D eigenvalue weighted by molar-refractivity contribution is 0.278. The average molecular weight is 189 g/mol. The van der Waals surface area contributed by atoms with Gasteiger partial charge in [0, 0.05) is 11.6 Å². The molecule has 0 aliphatic rings. The van der Waals surface area contributed by atoms with Crippen LogP contribution in [0.5, 0.6) is 5.75 Å². The van der Waals surface area contributed by atoms with Crippen molar-refractivity contribution in [3.05, 3.63) is 36.2 Å². The number of pyridine rings is 1. The maximum atomic E-state index is 9.07. The van der Waals surface area contributed by atoms with Gasteiger partial charge in [0.2, 0.25) is 0 Å². The summed E-state index contributed by atoms with van der Waals surface area (Å²) >= 11 is 0. The van der Waals surface area contributed by atoms with E-state index in [0.717, 1.165) is 16.5 Å². The fourth-order valence-corrected chi connectivity index (χ4v) is 1.47. The lowest BCUT2D eigenvalue weighted by Crippen LogP contribution is -1.91. The standard InChI is InChI=1S/C11H11NO2/c1-14-9-2-3-10-8(6-9)4-5-12-11(10)7-13/h2-6,13H,7H2,1H3. The Balaban J connectivity index is 2.67. The summed E-state index contributed by atoms with van der Waals surface area (Å²) in [5, 5.41) is 11.1. The van der Waals surface area contributed by atoms with Crippen LogP contribution in [-0.4, -0.2) is 17.2 Å². The van der Waals surface area contributed by atoms with E-state index in [1.807, 2.05) is 24.3 Å². The molecule has 0 bridgehead atoms.